The molecule has 122 valence electrons. The monoisotopic (exact) mass is 390 g/mol. The van der Waals surface area contributed by atoms with Crippen LogP contribution in [0.1, 0.15) is 29.5 Å². The Bertz CT molecular complexity index is 834. The minimum absolute atomic E-state index is 0.214. The van der Waals surface area contributed by atoms with Crippen molar-refractivity contribution in [3.8, 4) is 6.07 Å². The lowest BCUT2D eigenvalue weighted by molar-refractivity contribution is -0.122. The molecular weight excluding hydrogens is 378 g/mol. The zero-order chi connectivity index (χ0) is 17.3. The van der Waals surface area contributed by atoms with Gasteiger partial charge in [0, 0.05) is 10.4 Å². The summed E-state index contributed by atoms with van der Waals surface area (Å²) in [7, 11) is 0. The van der Waals surface area contributed by atoms with Crippen molar-refractivity contribution < 1.29 is 13.6 Å². The largest absolute Gasteiger partial charge is 0.336 e. The normalized spacial score (nSPS) is 20.1. The maximum absolute atomic E-state index is 13.8. The third-order valence-electron chi connectivity index (χ3n) is 4.11. The third kappa shape index (κ3) is 3.31. The quantitative estimate of drug-likeness (QED) is 0.849. The van der Waals surface area contributed by atoms with Crippen LogP contribution in [0.5, 0.6) is 0 Å². The van der Waals surface area contributed by atoms with Gasteiger partial charge in [-0.05, 0) is 41.7 Å². The van der Waals surface area contributed by atoms with Crippen molar-refractivity contribution in [3.63, 3.8) is 0 Å². The number of nitriles is 1. The van der Waals surface area contributed by atoms with Gasteiger partial charge in [-0.15, -0.1) is 0 Å². The number of benzene rings is 2. The topological polar surface area (TPSA) is 52.9 Å². The van der Waals surface area contributed by atoms with Gasteiger partial charge in [0.15, 0.2) is 11.6 Å². The van der Waals surface area contributed by atoms with Gasteiger partial charge in [0.1, 0.15) is 6.04 Å². The van der Waals surface area contributed by atoms with Gasteiger partial charge in [0.05, 0.1) is 6.07 Å². The van der Waals surface area contributed by atoms with E-state index in [0.29, 0.717) is 12.0 Å². The van der Waals surface area contributed by atoms with Gasteiger partial charge in [-0.2, -0.15) is 5.26 Å². The van der Waals surface area contributed by atoms with Crippen molar-refractivity contribution in [2.45, 2.75) is 18.4 Å². The van der Waals surface area contributed by atoms with Gasteiger partial charge in [-0.25, -0.2) is 8.78 Å². The molecule has 0 bridgehead atoms. The van der Waals surface area contributed by atoms with Crippen LogP contribution < -0.4 is 5.32 Å². The van der Waals surface area contributed by atoms with E-state index < -0.39 is 23.6 Å². The second-order valence-electron chi connectivity index (χ2n) is 5.72. The molecule has 0 saturated heterocycles. The lowest BCUT2D eigenvalue weighted by Gasteiger charge is -2.12. The second kappa shape index (κ2) is 6.70. The molecule has 3 nitrogen and oxygen atoms in total. The predicted molar refractivity (Wildman–Crippen MR) is 87.8 cm³/mol. The highest BCUT2D eigenvalue weighted by Crippen LogP contribution is 2.48. The fraction of sp³-hybridized carbons (Fsp3) is 0.222. The standard InChI is InChI=1S/C18H13BrF2N2O/c19-11-4-1-3-10(7-11)16(9-22)23-18(24)14-8-13(14)12-5-2-6-15(20)17(12)21/h1-7,13-14,16H,8H2,(H,23,24)/t13-,14-,16+/m1/s1. The lowest BCUT2D eigenvalue weighted by atomic mass is 10.1. The fourth-order valence-electron chi connectivity index (χ4n) is 2.76. The van der Waals surface area contributed by atoms with E-state index >= 15 is 0 Å². The highest BCUT2D eigenvalue weighted by Gasteiger charge is 2.46. The van der Waals surface area contributed by atoms with Gasteiger partial charge in [0.2, 0.25) is 5.91 Å². The molecule has 3 atom stereocenters. The van der Waals surface area contributed by atoms with Gasteiger partial charge in [-0.1, -0.05) is 40.2 Å². The molecule has 0 spiro atoms. The van der Waals surface area contributed by atoms with Gasteiger partial charge in [0.25, 0.3) is 0 Å². The van der Waals surface area contributed by atoms with Crippen LogP contribution in [-0.4, -0.2) is 5.91 Å². The zero-order valence-corrected chi connectivity index (χ0v) is 14.1. The van der Waals surface area contributed by atoms with E-state index in [1.54, 1.807) is 18.2 Å². The Kier molecular flexibility index (Phi) is 4.63. The molecule has 6 heteroatoms. The van der Waals surface area contributed by atoms with Crippen LogP contribution in [0.3, 0.4) is 0 Å². The van der Waals surface area contributed by atoms with E-state index in [-0.39, 0.29) is 17.4 Å². The Labute approximate surface area is 146 Å². The molecule has 1 fully saturated rings. The maximum Gasteiger partial charge on any atom is 0.225 e. The SMILES string of the molecule is N#C[C@H](NC(=O)[C@@H]1C[C@@H]1c1cccc(F)c1F)c1cccc(Br)c1. The summed E-state index contributed by atoms with van der Waals surface area (Å²) in [5, 5.41) is 12.0. The Morgan fingerprint density at radius 2 is 2.04 bits per heavy atom. The summed E-state index contributed by atoms with van der Waals surface area (Å²) in [6.07, 6.45) is 0.447. The number of halogens is 3. The molecule has 0 heterocycles. The van der Waals surface area contributed by atoms with Crippen LogP contribution in [0, 0.1) is 28.9 Å². The Morgan fingerprint density at radius 1 is 1.29 bits per heavy atom. The molecule has 1 N–H and O–H groups in total. The molecule has 0 aromatic heterocycles. The highest BCUT2D eigenvalue weighted by atomic mass is 79.9. The summed E-state index contributed by atoms with van der Waals surface area (Å²) in [6, 6.07) is 12.3. The Balaban J connectivity index is 1.70. The summed E-state index contributed by atoms with van der Waals surface area (Å²) in [5.41, 5.74) is 0.875. The highest BCUT2D eigenvalue weighted by molar-refractivity contribution is 9.10. The number of nitrogens with one attached hydrogen (secondary N) is 1. The van der Waals surface area contributed by atoms with Crippen LogP contribution in [0.25, 0.3) is 0 Å². The molecule has 2 aromatic rings. The number of amides is 1. The number of hydrogen-bond acceptors (Lipinski definition) is 2. The summed E-state index contributed by atoms with van der Waals surface area (Å²) < 4.78 is 27.9. The van der Waals surface area contributed by atoms with E-state index in [4.69, 9.17) is 0 Å². The van der Waals surface area contributed by atoms with E-state index in [1.165, 1.54) is 12.1 Å². The number of hydrogen-bond donors (Lipinski definition) is 1. The maximum atomic E-state index is 13.8. The van der Waals surface area contributed by atoms with Crippen molar-refractivity contribution in [1.82, 2.24) is 5.32 Å². The van der Waals surface area contributed by atoms with Crippen molar-refractivity contribution in [2.75, 3.05) is 0 Å². The van der Waals surface area contributed by atoms with Gasteiger partial charge >= 0.3 is 0 Å². The molecule has 3 rings (SSSR count). The average Bonchev–Trinajstić information content (AvgIpc) is 3.35. The van der Waals surface area contributed by atoms with Crippen LogP contribution >= 0.6 is 15.9 Å². The average molecular weight is 391 g/mol. The van der Waals surface area contributed by atoms with Gasteiger partial charge in [-0.3, -0.25) is 4.79 Å². The summed E-state index contributed by atoms with van der Waals surface area (Å²) in [5.74, 6) is -2.92. The molecule has 0 radical (unpaired) electrons. The van der Waals surface area contributed by atoms with Gasteiger partial charge < -0.3 is 5.32 Å². The minimum atomic E-state index is -0.914. The number of rotatable bonds is 4. The minimum Gasteiger partial charge on any atom is -0.336 e. The zero-order valence-electron chi connectivity index (χ0n) is 12.5. The van der Waals surface area contributed by atoms with E-state index in [1.807, 2.05) is 12.1 Å². The van der Waals surface area contributed by atoms with Crippen molar-refractivity contribution in [1.29, 1.82) is 5.26 Å². The van der Waals surface area contributed by atoms with E-state index in [9.17, 15) is 18.8 Å². The van der Waals surface area contributed by atoms with E-state index in [0.717, 1.165) is 10.5 Å². The molecular formula is C18H13BrF2N2O. The van der Waals surface area contributed by atoms with Crippen LogP contribution in [-0.2, 0) is 4.79 Å². The van der Waals surface area contributed by atoms with Crippen molar-refractivity contribution in [3.05, 3.63) is 69.7 Å². The van der Waals surface area contributed by atoms with Crippen LogP contribution in [0.2, 0.25) is 0 Å². The molecule has 24 heavy (non-hydrogen) atoms. The first-order valence-electron chi connectivity index (χ1n) is 7.40. The summed E-state index contributed by atoms with van der Waals surface area (Å²) in [6.45, 7) is 0. The lowest BCUT2D eigenvalue weighted by Crippen LogP contribution is -2.29. The fourth-order valence-corrected chi connectivity index (χ4v) is 3.18. The van der Waals surface area contributed by atoms with Crippen LogP contribution in [0.4, 0.5) is 8.78 Å². The number of nitrogens with zero attached hydrogens (tertiary/aromatic N) is 1. The first-order valence-corrected chi connectivity index (χ1v) is 8.20. The second-order valence-corrected chi connectivity index (χ2v) is 6.63. The molecule has 1 amide bonds. The summed E-state index contributed by atoms with van der Waals surface area (Å²) in [4.78, 5) is 12.3. The molecule has 1 saturated carbocycles. The van der Waals surface area contributed by atoms with Crippen LogP contribution in [0.15, 0.2) is 46.9 Å². The number of carbonyl (C=O) groups is 1. The Morgan fingerprint density at radius 3 is 2.75 bits per heavy atom. The Hall–Kier alpha value is -2.26. The van der Waals surface area contributed by atoms with E-state index in [2.05, 4.69) is 21.2 Å². The molecule has 1 aliphatic carbocycles. The predicted octanol–water partition coefficient (Wildman–Crippen LogP) is 4.21. The smallest absolute Gasteiger partial charge is 0.225 e. The molecule has 1 aliphatic rings. The van der Waals surface area contributed by atoms with Crippen molar-refractivity contribution >= 4 is 21.8 Å². The number of carbonyl (C=O) groups excluding carboxylic acids is 1. The summed E-state index contributed by atoms with van der Waals surface area (Å²) >= 11 is 3.32. The first-order chi connectivity index (χ1) is 11.5. The molecule has 0 aliphatic heterocycles. The first kappa shape index (κ1) is 16.6. The molecule has 2 aromatic carbocycles. The third-order valence-corrected chi connectivity index (χ3v) is 4.60. The van der Waals surface area contributed by atoms with Crippen molar-refractivity contribution in [2.24, 2.45) is 5.92 Å². The molecule has 0 unspecified atom stereocenters.